The van der Waals surface area contributed by atoms with Crippen LogP contribution in [0, 0.1) is 21.7 Å². The van der Waals surface area contributed by atoms with E-state index in [9.17, 15) is 28.5 Å². The first-order valence-corrected chi connectivity index (χ1v) is 9.08. The number of halogens is 2. The molecule has 1 amide bonds. The normalized spacial score (nSPS) is 11.5. The minimum atomic E-state index is -1.17. The predicted molar refractivity (Wildman–Crippen MR) is 99.0 cm³/mol. The molecule has 1 atom stereocenters. The van der Waals surface area contributed by atoms with Crippen LogP contribution in [0.2, 0.25) is 0 Å². The number of benzene rings is 2. The quantitative estimate of drug-likeness (QED) is 0.306. The molecule has 0 saturated carbocycles. The molecule has 0 bridgehead atoms. The summed E-state index contributed by atoms with van der Waals surface area (Å²) in [6.07, 6.45) is -1.23. The molecule has 148 valence electrons. The summed E-state index contributed by atoms with van der Waals surface area (Å²) in [5, 5.41) is 13.3. The number of esters is 1. The van der Waals surface area contributed by atoms with Gasteiger partial charge in [-0.25, -0.2) is 8.78 Å². The van der Waals surface area contributed by atoms with Crippen molar-refractivity contribution in [3.8, 4) is 0 Å². The van der Waals surface area contributed by atoms with Crippen LogP contribution in [0.4, 0.5) is 20.2 Å². The zero-order chi connectivity index (χ0) is 20.7. The van der Waals surface area contributed by atoms with Gasteiger partial charge < -0.3 is 10.1 Å². The Kier molecular flexibility index (Phi) is 7.44. The van der Waals surface area contributed by atoms with Gasteiger partial charge in [-0.05, 0) is 31.2 Å². The number of nitrogens with one attached hydrogen (secondary N) is 1. The van der Waals surface area contributed by atoms with E-state index in [4.69, 9.17) is 4.74 Å². The second-order valence-electron chi connectivity index (χ2n) is 5.57. The molecular weight excluding hydrogens is 394 g/mol. The SMILES string of the molecule is C[C@H](OC(=O)CCSc1ccc(F)c(F)c1)C(=O)Nc1ccccc1[N+](=O)[O-]. The fraction of sp³-hybridized carbons (Fsp3) is 0.222. The number of carbonyl (C=O) groups excluding carboxylic acids is 2. The molecule has 0 fully saturated rings. The topological polar surface area (TPSA) is 98.5 Å². The summed E-state index contributed by atoms with van der Waals surface area (Å²) in [6.45, 7) is 1.34. The number of para-hydroxylation sites is 2. The van der Waals surface area contributed by atoms with E-state index in [0.29, 0.717) is 4.90 Å². The van der Waals surface area contributed by atoms with Crippen LogP contribution in [0.25, 0.3) is 0 Å². The van der Waals surface area contributed by atoms with Crippen molar-refractivity contribution >= 4 is 35.0 Å². The van der Waals surface area contributed by atoms with Gasteiger partial charge in [0.1, 0.15) is 5.69 Å². The molecule has 0 aromatic heterocycles. The Bertz CT molecular complexity index is 894. The molecule has 0 aliphatic rings. The molecule has 0 radical (unpaired) electrons. The fourth-order valence-corrected chi connectivity index (χ4v) is 2.96. The third-order valence-corrected chi connectivity index (χ3v) is 4.50. The lowest BCUT2D eigenvalue weighted by atomic mass is 10.2. The summed E-state index contributed by atoms with van der Waals surface area (Å²) in [5.41, 5.74) is -0.286. The van der Waals surface area contributed by atoms with Gasteiger partial charge in [-0.15, -0.1) is 11.8 Å². The van der Waals surface area contributed by atoms with Crippen molar-refractivity contribution in [2.24, 2.45) is 0 Å². The van der Waals surface area contributed by atoms with Crippen LogP contribution in [0.5, 0.6) is 0 Å². The Morgan fingerprint density at radius 2 is 1.93 bits per heavy atom. The molecule has 0 heterocycles. The summed E-state index contributed by atoms with van der Waals surface area (Å²) in [5.74, 6) is -3.08. The maximum absolute atomic E-state index is 13.1. The van der Waals surface area contributed by atoms with Crippen LogP contribution in [0.3, 0.4) is 0 Å². The van der Waals surface area contributed by atoms with E-state index in [1.807, 2.05) is 0 Å². The first-order chi connectivity index (χ1) is 13.3. The van der Waals surface area contributed by atoms with Gasteiger partial charge in [-0.3, -0.25) is 19.7 Å². The van der Waals surface area contributed by atoms with Crippen LogP contribution in [-0.4, -0.2) is 28.7 Å². The average Bonchev–Trinajstić information content (AvgIpc) is 2.64. The first-order valence-electron chi connectivity index (χ1n) is 8.09. The molecule has 2 rings (SSSR count). The Hall–Kier alpha value is -3.01. The highest BCUT2D eigenvalue weighted by Gasteiger charge is 2.21. The van der Waals surface area contributed by atoms with Crippen molar-refractivity contribution in [1.82, 2.24) is 0 Å². The number of rotatable bonds is 8. The molecule has 2 aromatic rings. The van der Waals surface area contributed by atoms with E-state index in [1.54, 1.807) is 0 Å². The second-order valence-corrected chi connectivity index (χ2v) is 6.74. The highest BCUT2D eigenvalue weighted by Crippen LogP contribution is 2.24. The lowest BCUT2D eigenvalue weighted by molar-refractivity contribution is -0.383. The molecule has 0 aliphatic heterocycles. The highest BCUT2D eigenvalue weighted by atomic mass is 32.2. The molecule has 0 saturated heterocycles. The number of thioether (sulfide) groups is 1. The van der Waals surface area contributed by atoms with Crippen molar-refractivity contribution in [1.29, 1.82) is 0 Å². The molecular formula is C18H16F2N2O5S. The zero-order valence-electron chi connectivity index (χ0n) is 14.7. The Morgan fingerprint density at radius 1 is 1.21 bits per heavy atom. The number of hydrogen-bond donors (Lipinski definition) is 1. The number of ether oxygens (including phenoxy) is 1. The molecule has 28 heavy (non-hydrogen) atoms. The van der Waals surface area contributed by atoms with Crippen molar-refractivity contribution < 1.29 is 28.0 Å². The van der Waals surface area contributed by atoms with E-state index in [0.717, 1.165) is 23.9 Å². The van der Waals surface area contributed by atoms with Crippen LogP contribution in [0.1, 0.15) is 13.3 Å². The third kappa shape index (κ3) is 6.02. The van der Waals surface area contributed by atoms with E-state index >= 15 is 0 Å². The molecule has 0 unspecified atom stereocenters. The number of anilines is 1. The first kappa shape index (κ1) is 21.3. The van der Waals surface area contributed by atoms with Gasteiger partial charge in [0, 0.05) is 16.7 Å². The molecule has 1 N–H and O–H groups in total. The number of nitrogens with zero attached hydrogens (tertiary/aromatic N) is 1. The largest absolute Gasteiger partial charge is 0.453 e. The molecule has 0 aliphatic carbocycles. The van der Waals surface area contributed by atoms with Crippen molar-refractivity contribution in [2.45, 2.75) is 24.3 Å². The smallest absolute Gasteiger partial charge is 0.307 e. The Labute approximate surface area is 163 Å². The predicted octanol–water partition coefficient (Wildman–Crippen LogP) is 3.93. The number of amides is 1. The van der Waals surface area contributed by atoms with Gasteiger partial charge in [0.15, 0.2) is 17.7 Å². The monoisotopic (exact) mass is 410 g/mol. The maximum Gasteiger partial charge on any atom is 0.307 e. The summed E-state index contributed by atoms with van der Waals surface area (Å²) < 4.78 is 31.0. The Balaban J connectivity index is 1.82. The summed E-state index contributed by atoms with van der Waals surface area (Å²) in [6, 6.07) is 8.98. The van der Waals surface area contributed by atoms with E-state index in [-0.39, 0.29) is 23.5 Å². The zero-order valence-corrected chi connectivity index (χ0v) is 15.5. The van der Waals surface area contributed by atoms with Crippen molar-refractivity contribution in [3.63, 3.8) is 0 Å². The maximum atomic E-state index is 13.1. The lowest BCUT2D eigenvalue weighted by Crippen LogP contribution is -2.30. The minimum Gasteiger partial charge on any atom is -0.453 e. The molecule has 0 spiro atoms. The summed E-state index contributed by atoms with van der Waals surface area (Å²) >= 11 is 1.13. The van der Waals surface area contributed by atoms with Gasteiger partial charge in [0.05, 0.1) is 11.3 Å². The van der Waals surface area contributed by atoms with Crippen LogP contribution < -0.4 is 5.32 Å². The van der Waals surface area contributed by atoms with Crippen LogP contribution >= 0.6 is 11.8 Å². The van der Waals surface area contributed by atoms with Crippen LogP contribution in [0.15, 0.2) is 47.4 Å². The molecule has 7 nitrogen and oxygen atoms in total. The third-order valence-electron chi connectivity index (χ3n) is 3.50. The van der Waals surface area contributed by atoms with Gasteiger partial charge in [-0.1, -0.05) is 12.1 Å². The number of hydrogen-bond acceptors (Lipinski definition) is 6. The Morgan fingerprint density at radius 3 is 2.61 bits per heavy atom. The van der Waals surface area contributed by atoms with Crippen molar-refractivity contribution in [3.05, 3.63) is 64.2 Å². The van der Waals surface area contributed by atoms with E-state index < -0.39 is 34.5 Å². The fourth-order valence-electron chi connectivity index (χ4n) is 2.10. The second kappa shape index (κ2) is 9.79. The van der Waals surface area contributed by atoms with Crippen molar-refractivity contribution in [2.75, 3.05) is 11.1 Å². The number of carbonyl (C=O) groups is 2. The highest BCUT2D eigenvalue weighted by molar-refractivity contribution is 7.99. The van der Waals surface area contributed by atoms with E-state index in [1.165, 1.54) is 37.3 Å². The van der Waals surface area contributed by atoms with Gasteiger partial charge in [0.2, 0.25) is 0 Å². The standard InChI is InChI=1S/C18H16F2N2O5S/c1-11(18(24)21-15-4-2-3-5-16(15)22(25)26)27-17(23)8-9-28-12-6-7-13(19)14(20)10-12/h2-7,10-11H,8-9H2,1H3,(H,21,24)/t11-/m0/s1. The molecule has 10 heteroatoms. The van der Waals surface area contributed by atoms with Gasteiger partial charge in [0.25, 0.3) is 11.6 Å². The summed E-state index contributed by atoms with van der Waals surface area (Å²) in [4.78, 5) is 34.7. The number of nitro benzene ring substituents is 1. The van der Waals surface area contributed by atoms with Gasteiger partial charge in [-0.2, -0.15) is 0 Å². The number of nitro groups is 1. The molecule has 2 aromatic carbocycles. The summed E-state index contributed by atoms with van der Waals surface area (Å²) in [7, 11) is 0. The van der Waals surface area contributed by atoms with Crippen LogP contribution in [-0.2, 0) is 14.3 Å². The lowest BCUT2D eigenvalue weighted by Gasteiger charge is -2.13. The van der Waals surface area contributed by atoms with Gasteiger partial charge >= 0.3 is 5.97 Å². The van der Waals surface area contributed by atoms with E-state index in [2.05, 4.69) is 5.32 Å². The minimum absolute atomic E-state index is 0.00529. The average molecular weight is 410 g/mol.